The molecule has 1 heterocycles. The predicted octanol–water partition coefficient (Wildman–Crippen LogP) is 1.45. The van der Waals surface area contributed by atoms with Gasteiger partial charge in [-0.1, -0.05) is 18.2 Å². The number of benzene rings is 1. The molecule has 92 valence electrons. The van der Waals surface area contributed by atoms with Gasteiger partial charge in [-0.2, -0.15) is 0 Å². The first-order valence-electron chi connectivity index (χ1n) is 5.60. The Balaban J connectivity index is 1.87. The first-order valence-corrected chi connectivity index (χ1v) is 7.43. The van der Waals surface area contributed by atoms with Crippen molar-refractivity contribution in [3.63, 3.8) is 0 Å². The molecule has 2 rings (SSSR count). The summed E-state index contributed by atoms with van der Waals surface area (Å²) in [5.74, 6) is 0.230. The van der Waals surface area contributed by atoms with Crippen LogP contribution in [0.15, 0.2) is 30.3 Å². The molecule has 17 heavy (non-hydrogen) atoms. The van der Waals surface area contributed by atoms with Crippen LogP contribution in [0.3, 0.4) is 0 Å². The van der Waals surface area contributed by atoms with E-state index in [9.17, 15) is 13.2 Å². The van der Waals surface area contributed by atoms with Crippen molar-refractivity contribution in [2.24, 2.45) is 5.92 Å². The Labute approximate surface area is 101 Å². The summed E-state index contributed by atoms with van der Waals surface area (Å²) in [6, 6.07) is 9.18. The lowest BCUT2D eigenvalue weighted by Gasteiger charge is -2.08. The number of hydrogen-bond acceptors (Lipinski definition) is 3. The van der Waals surface area contributed by atoms with Crippen LogP contribution in [0.2, 0.25) is 0 Å². The van der Waals surface area contributed by atoms with Gasteiger partial charge in [0.1, 0.15) is 0 Å². The van der Waals surface area contributed by atoms with Crippen molar-refractivity contribution < 1.29 is 13.2 Å². The third kappa shape index (κ3) is 3.56. The molecule has 0 bridgehead atoms. The van der Waals surface area contributed by atoms with Crippen LogP contribution in [0, 0.1) is 5.92 Å². The average molecular weight is 253 g/mol. The van der Waals surface area contributed by atoms with Crippen LogP contribution in [-0.2, 0) is 14.6 Å². The minimum absolute atomic E-state index is 0.0243. The Kier molecular flexibility index (Phi) is 3.47. The molecule has 1 unspecified atom stereocenters. The molecule has 1 aromatic rings. The van der Waals surface area contributed by atoms with Gasteiger partial charge in [0.05, 0.1) is 11.5 Å². The van der Waals surface area contributed by atoms with Gasteiger partial charge in [-0.25, -0.2) is 8.42 Å². The summed E-state index contributed by atoms with van der Waals surface area (Å²) < 4.78 is 22.5. The minimum Gasteiger partial charge on any atom is -0.326 e. The standard InChI is InChI=1S/C12H15NO3S/c14-12(13-11-4-2-1-3-5-11)8-10-6-7-17(15,16)9-10/h1-5,10H,6-9H2,(H,13,14). The first kappa shape index (κ1) is 12.1. The van der Waals surface area contributed by atoms with E-state index in [2.05, 4.69) is 5.32 Å². The quantitative estimate of drug-likeness (QED) is 0.886. The van der Waals surface area contributed by atoms with Crippen molar-refractivity contribution in [1.82, 2.24) is 0 Å². The Bertz CT molecular complexity index is 496. The fourth-order valence-electron chi connectivity index (χ4n) is 2.03. The largest absolute Gasteiger partial charge is 0.326 e. The zero-order valence-corrected chi connectivity index (χ0v) is 10.2. The zero-order chi connectivity index (χ0) is 12.3. The van der Waals surface area contributed by atoms with E-state index >= 15 is 0 Å². The molecule has 0 spiro atoms. The third-order valence-corrected chi connectivity index (χ3v) is 4.70. The molecule has 1 aromatic carbocycles. The molecule has 1 fully saturated rings. The molecule has 1 aliphatic rings. The Morgan fingerprint density at radius 3 is 2.59 bits per heavy atom. The van der Waals surface area contributed by atoms with Gasteiger partial charge in [-0.15, -0.1) is 0 Å². The number of sulfone groups is 1. The SMILES string of the molecule is O=C(CC1CCS(=O)(=O)C1)Nc1ccccc1. The minimum atomic E-state index is -2.89. The normalized spacial score (nSPS) is 22.2. The fraction of sp³-hybridized carbons (Fsp3) is 0.417. The van der Waals surface area contributed by atoms with Crippen LogP contribution in [0.4, 0.5) is 5.69 Å². The maximum Gasteiger partial charge on any atom is 0.224 e. The second-order valence-corrected chi connectivity index (χ2v) is 6.62. The summed E-state index contributed by atoms with van der Waals surface area (Å²) >= 11 is 0. The Morgan fingerprint density at radius 2 is 2.00 bits per heavy atom. The molecule has 1 N–H and O–H groups in total. The lowest BCUT2D eigenvalue weighted by molar-refractivity contribution is -0.116. The zero-order valence-electron chi connectivity index (χ0n) is 9.43. The topological polar surface area (TPSA) is 63.2 Å². The van der Waals surface area contributed by atoms with E-state index in [0.29, 0.717) is 6.42 Å². The van der Waals surface area contributed by atoms with Gasteiger partial charge >= 0.3 is 0 Å². The average Bonchev–Trinajstić information content (AvgIpc) is 2.59. The van der Waals surface area contributed by atoms with Crippen molar-refractivity contribution in [2.75, 3.05) is 16.8 Å². The molecule has 0 saturated carbocycles. The maximum absolute atomic E-state index is 11.7. The highest BCUT2D eigenvalue weighted by Crippen LogP contribution is 2.22. The van der Waals surface area contributed by atoms with Gasteiger partial charge in [0, 0.05) is 12.1 Å². The molecule has 0 radical (unpaired) electrons. The first-order chi connectivity index (χ1) is 8.05. The van der Waals surface area contributed by atoms with Crippen LogP contribution in [0.1, 0.15) is 12.8 Å². The summed E-state index contributed by atoms with van der Waals surface area (Å²) in [6.45, 7) is 0. The lowest BCUT2D eigenvalue weighted by atomic mass is 10.1. The highest BCUT2D eigenvalue weighted by atomic mass is 32.2. The molecule has 1 saturated heterocycles. The highest BCUT2D eigenvalue weighted by Gasteiger charge is 2.29. The second-order valence-electron chi connectivity index (χ2n) is 4.39. The van der Waals surface area contributed by atoms with Gasteiger partial charge in [-0.3, -0.25) is 4.79 Å². The van der Waals surface area contributed by atoms with Gasteiger partial charge in [-0.05, 0) is 24.5 Å². The van der Waals surface area contributed by atoms with E-state index in [0.717, 1.165) is 5.69 Å². The number of nitrogens with one attached hydrogen (secondary N) is 1. The molecule has 1 atom stereocenters. The Morgan fingerprint density at radius 1 is 1.29 bits per heavy atom. The molecule has 0 aliphatic carbocycles. The van der Waals surface area contributed by atoms with Gasteiger partial charge < -0.3 is 5.32 Å². The molecule has 0 aromatic heterocycles. The Hall–Kier alpha value is -1.36. The van der Waals surface area contributed by atoms with Crippen LogP contribution in [0.25, 0.3) is 0 Å². The molecule has 1 aliphatic heterocycles. The van der Waals surface area contributed by atoms with Gasteiger partial charge in [0.25, 0.3) is 0 Å². The number of para-hydroxylation sites is 1. The van der Waals surface area contributed by atoms with Crippen LogP contribution < -0.4 is 5.32 Å². The van der Waals surface area contributed by atoms with Crippen molar-refractivity contribution in [2.45, 2.75) is 12.8 Å². The van der Waals surface area contributed by atoms with E-state index in [1.165, 1.54) is 0 Å². The summed E-state index contributed by atoms with van der Waals surface area (Å²) in [7, 11) is -2.89. The van der Waals surface area contributed by atoms with Crippen molar-refractivity contribution in [1.29, 1.82) is 0 Å². The third-order valence-electron chi connectivity index (χ3n) is 2.86. The molecule has 4 nitrogen and oxygen atoms in total. The van der Waals surface area contributed by atoms with Crippen LogP contribution in [0.5, 0.6) is 0 Å². The molecule has 1 amide bonds. The smallest absolute Gasteiger partial charge is 0.224 e. The number of carbonyl (C=O) groups excluding carboxylic acids is 1. The van der Waals surface area contributed by atoms with E-state index in [-0.39, 0.29) is 29.8 Å². The predicted molar refractivity (Wildman–Crippen MR) is 66.4 cm³/mol. The molecular formula is C12H15NO3S. The second kappa shape index (κ2) is 4.87. The highest BCUT2D eigenvalue weighted by molar-refractivity contribution is 7.91. The van der Waals surface area contributed by atoms with Crippen molar-refractivity contribution in [3.05, 3.63) is 30.3 Å². The summed E-state index contributed by atoms with van der Waals surface area (Å²) in [4.78, 5) is 11.7. The van der Waals surface area contributed by atoms with E-state index in [1.54, 1.807) is 0 Å². The maximum atomic E-state index is 11.7. The molecular weight excluding hydrogens is 238 g/mol. The van der Waals surface area contributed by atoms with Crippen molar-refractivity contribution in [3.8, 4) is 0 Å². The molecule has 5 heteroatoms. The number of amides is 1. The number of anilines is 1. The number of rotatable bonds is 3. The lowest BCUT2D eigenvalue weighted by Crippen LogP contribution is -2.17. The summed E-state index contributed by atoms with van der Waals surface area (Å²) in [5, 5.41) is 2.76. The monoisotopic (exact) mass is 253 g/mol. The number of hydrogen-bond donors (Lipinski definition) is 1. The van der Waals surface area contributed by atoms with Crippen LogP contribution >= 0.6 is 0 Å². The van der Waals surface area contributed by atoms with Gasteiger partial charge in [0.2, 0.25) is 5.91 Å². The van der Waals surface area contributed by atoms with Crippen LogP contribution in [-0.4, -0.2) is 25.8 Å². The number of carbonyl (C=O) groups is 1. The van der Waals surface area contributed by atoms with Crippen molar-refractivity contribution >= 4 is 21.4 Å². The van der Waals surface area contributed by atoms with E-state index in [4.69, 9.17) is 0 Å². The summed E-state index contributed by atoms with van der Waals surface area (Å²) in [6.07, 6.45) is 0.888. The van der Waals surface area contributed by atoms with Gasteiger partial charge in [0.15, 0.2) is 9.84 Å². The van der Waals surface area contributed by atoms with E-state index in [1.807, 2.05) is 30.3 Å². The summed E-state index contributed by atoms with van der Waals surface area (Å²) in [5.41, 5.74) is 0.748. The van der Waals surface area contributed by atoms with E-state index < -0.39 is 9.84 Å². The fourth-order valence-corrected chi connectivity index (χ4v) is 3.89.